The molecule has 0 bridgehead atoms. The second kappa shape index (κ2) is 8.30. The third kappa shape index (κ3) is 4.36. The number of likely N-dealkylation sites (N-methyl/N-ethyl adjacent to an activating group) is 1. The lowest BCUT2D eigenvalue weighted by Crippen LogP contribution is -2.41. The number of thiophene rings is 1. The lowest BCUT2D eigenvalue weighted by atomic mass is 10.2. The van der Waals surface area contributed by atoms with Gasteiger partial charge in [0.1, 0.15) is 0 Å². The summed E-state index contributed by atoms with van der Waals surface area (Å²) >= 11 is 1.78. The van der Waals surface area contributed by atoms with Crippen molar-refractivity contribution in [3.8, 4) is 0 Å². The highest BCUT2D eigenvalue weighted by Crippen LogP contribution is 2.22. The molecule has 6 nitrogen and oxygen atoms in total. The third-order valence-corrected chi connectivity index (χ3v) is 5.25. The SMILES string of the molecule is CN=C(NCc1c(C)nn(C)c1C)NCC(c1cccs1)N(C)C. The lowest BCUT2D eigenvalue weighted by molar-refractivity contribution is 0.302. The van der Waals surface area contributed by atoms with Crippen LogP contribution in [-0.4, -0.2) is 48.3 Å². The van der Waals surface area contributed by atoms with Crippen LogP contribution in [-0.2, 0) is 13.6 Å². The Kier molecular flexibility index (Phi) is 6.39. The Hall–Kier alpha value is -1.86. The van der Waals surface area contributed by atoms with Gasteiger partial charge in [-0.05, 0) is 39.4 Å². The normalized spacial score (nSPS) is 13.4. The van der Waals surface area contributed by atoms with E-state index in [-0.39, 0.29) is 0 Å². The van der Waals surface area contributed by atoms with Crippen LogP contribution >= 0.6 is 11.3 Å². The largest absolute Gasteiger partial charge is 0.354 e. The maximum Gasteiger partial charge on any atom is 0.191 e. The molecule has 0 saturated carbocycles. The molecule has 1 atom stereocenters. The number of rotatable bonds is 6. The first-order valence-electron chi connectivity index (χ1n) is 8.07. The second-order valence-electron chi connectivity index (χ2n) is 6.07. The predicted octanol–water partition coefficient (Wildman–Crippen LogP) is 2.07. The molecular formula is C17H28N6S. The van der Waals surface area contributed by atoms with Gasteiger partial charge in [0.05, 0.1) is 11.7 Å². The van der Waals surface area contributed by atoms with Crippen LogP contribution in [0.3, 0.4) is 0 Å². The van der Waals surface area contributed by atoms with E-state index in [1.54, 1.807) is 18.4 Å². The maximum atomic E-state index is 4.46. The standard InChI is InChI=1S/C17H28N6S/c1-12-14(13(2)23(6)21-12)10-19-17(18-3)20-11-15(22(4)5)16-8-7-9-24-16/h7-9,15H,10-11H2,1-6H3,(H2,18,19,20). The molecule has 0 aromatic carbocycles. The van der Waals surface area contributed by atoms with E-state index >= 15 is 0 Å². The van der Waals surface area contributed by atoms with Crippen molar-refractivity contribution in [1.29, 1.82) is 0 Å². The van der Waals surface area contributed by atoms with Gasteiger partial charge in [0, 0.05) is 43.3 Å². The molecule has 7 heteroatoms. The van der Waals surface area contributed by atoms with Crippen molar-refractivity contribution in [1.82, 2.24) is 25.3 Å². The average Bonchev–Trinajstić information content (AvgIpc) is 3.13. The number of aliphatic imine (C=N–C) groups is 1. The monoisotopic (exact) mass is 348 g/mol. The number of hydrogen-bond acceptors (Lipinski definition) is 4. The van der Waals surface area contributed by atoms with Crippen molar-refractivity contribution in [3.63, 3.8) is 0 Å². The van der Waals surface area contributed by atoms with Crippen LogP contribution in [0.25, 0.3) is 0 Å². The number of hydrogen-bond donors (Lipinski definition) is 2. The minimum atomic E-state index is 0.324. The molecular weight excluding hydrogens is 320 g/mol. The minimum Gasteiger partial charge on any atom is -0.354 e. The van der Waals surface area contributed by atoms with Crippen molar-refractivity contribution in [2.75, 3.05) is 27.7 Å². The summed E-state index contributed by atoms with van der Waals surface area (Å²) in [5.74, 6) is 0.807. The summed E-state index contributed by atoms with van der Waals surface area (Å²) in [5, 5.41) is 13.4. The molecule has 0 aliphatic rings. The summed E-state index contributed by atoms with van der Waals surface area (Å²) < 4.78 is 1.92. The molecule has 132 valence electrons. The number of guanidine groups is 1. The Labute approximate surface area is 148 Å². The number of aryl methyl sites for hydroxylation is 2. The first-order valence-corrected chi connectivity index (χ1v) is 8.95. The molecule has 2 N–H and O–H groups in total. The Balaban J connectivity index is 1.95. The van der Waals surface area contributed by atoms with Gasteiger partial charge in [0.15, 0.2) is 5.96 Å². The van der Waals surface area contributed by atoms with Crippen LogP contribution in [0.2, 0.25) is 0 Å². The number of aromatic nitrogens is 2. The zero-order chi connectivity index (χ0) is 17.7. The Bertz CT molecular complexity index is 672. The molecule has 2 rings (SSSR count). The summed E-state index contributed by atoms with van der Waals surface area (Å²) in [7, 11) is 7.98. The fourth-order valence-corrected chi connectivity index (χ4v) is 3.60. The molecule has 0 radical (unpaired) electrons. The van der Waals surface area contributed by atoms with Gasteiger partial charge in [-0.15, -0.1) is 11.3 Å². The van der Waals surface area contributed by atoms with Gasteiger partial charge in [-0.3, -0.25) is 9.67 Å². The highest BCUT2D eigenvalue weighted by Gasteiger charge is 2.16. The molecule has 0 saturated heterocycles. The number of nitrogens with one attached hydrogen (secondary N) is 2. The van der Waals surface area contributed by atoms with E-state index in [2.05, 4.69) is 64.2 Å². The molecule has 1 unspecified atom stereocenters. The molecule has 0 aliphatic heterocycles. The highest BCUT2D eigenvalue weighted by molar-refractivity contribution is 7.10. The fraction of sp³-hybridized carbons (Fsp3) is 0.529. The fourth-order valence-electron chi connectivity index (χ4n) is 2.68. The molecule has 0 amide bonds. The van der Waals surface area contributed by atoms with Gasteiger partial charge >= 0.3 is 0 Å². The van der Waals surface area contributed by atoms with Crippen LogP contribution in [0.5, 0.6) is 0 Å². The zero-order valence-electron chi connectivity index (χ0n) is 15.4. The first-order chi connectivity index (χ1) is 11.4. The molecule has 0 fully saturated rings. The van der Waals surface area contributed by atoms with Crippen molar-refractivity contribution in [3.05, 3.63) is 39.3 Å². The summed E-state index contributed by atoms with van der Waals surface area (Å²) in [6, 6.07) is 4.60. The quantitative estimate of drug-likeness (QED) is 0.620. The first kappa shape index (κ1) is 18.5. The average molecular weight is 349 g/mol. The van der Waals surface area contributed by atoms with E-state index in [1.807, 2.05) is 18.7 Å². The van der Waals surface area contributed by atoms with Crippen molar-refractivity contribution in [2.45, 2.75) is 26.4 Å². The number of nitrogens with zero attached hydrogens (tertiary/aromatic N) is 4. The van der Waals surface area contributed by atoms with Crippen LogP contribution in [0, 0.1) is 13.8 Å². The van der Waals surface area contributed by atoms with Gasteiger partial charge in [-0.2, -0.15) is 5.10 Å². The summed E-state index contributed by atoms with van der Waals surface area (Å²) in [6.07, 6.45) is 0. The van der Waals surface area contributed by atoms with E-state index < -0.39 is 0 Å². The van der Waals surface area contributed by atoms with Crippen molar-refractivity contribution >= 4 is 17.3 Å². The summed E-state index contributed by atoms with van der Waals surface area (Å²) in [5.41, 5.74) is 3.46. The van der Waals surface area contributed by atoms with Gasteiger partial charge < -0.3 is 15.5 Å². The van der Waals surface area contributed by atoms with E-state index in [0.29, 0.717) is 6.04 Å². The van der Waals surface area contributed by atoms with Gasteiger partial charge in [-0.25, -0.2) is 0 Å². The molecule has 2 heterocycles. The van der Waals surface area contributed by atoms with E-state index in [4.69, 9.17) is 0 Å². The molecule has 2 aromatic rings. The van der Waals surface area contributed by atoms with E-state index in [9.17, 15) is 0 Å². The van der Waals surface area contributed by atoms with E-state index in [0.717, 1.165) is 24.7 Å². The summed E-state index contributed by atoms with van der Waals surface area (Å²) in [6.45, 7) is 5.65. The predicted molar refractivity (Wildman–Crippen MR) is 102 cm³/mol. The Morgan fingerprint density at radius 3 is 2.62 bits per heavy atom. The van der Waals surface area contributed by atoms with Gasteiger partial charge in [0.2, 0.25) is 0 Å². The third-order valence-electron chi connectivity index (χ3n) is 4.27. The maximum absolute atomic E-state index is 4.46. The van der Waals surface area contributed by atoms with Gasteiger partial charge in [0.25, 0.3) is 0 Å². The lowest BCUT2D eigenvalue weighted by Gasteiger charge is -2.24. The van der Waals surface area contributed by atoms with Crippen LogP contribution in [0.15, 0.2) is 22.5 Å². The zero-order valence-corrected chi connectivity index (χ0v) is 16.2. The van der Waals surface area contributed by atoms with Crippen LogP contribution < -0.4 is 10.6 Å². The summed E-state index contributed by atoms with van der Waals surface area (Å²) in [4.78, 5) is 7.91. The topological polar surface area (TPSA) is 57.5 Å². The molecule has 0 aliphatic carbocycles. The molecule has 24 heavy (non-hydrogen) atoms. The smallest absolute Gasteiger partial charge is 0.191 e. The van der Waals surface area contributed by atoms with E-state index in [1.165, 1.54) is 16.1 Å². The highest BCUT2D eigenvalue weighted by atomic mass is 32.1. The minimum absolute atomic E-state index is 0.324. The molecule has 2 aromatic heterocycles. The van der Waals surface area contributed by atoms with Crippen LogP contribution in [0.4, 0.5) is 0 Å². The van der Waals surface area contributed by atoms with Crippen molar-refractivity contribution in [2.24, 2.45) is 12.0 Å². The second-order valence-corrected chi connectivity index (χ2v) is 7.05. The Morgan fingerprint density at radius 1 is 1.38 bits per heavy atom. The molecule has 0 spiro atoms. The van der Waals surface area contributed by atoms with Crippen LogP contribution in [0.1, 0.15) is 27.9 Å². The van der Waals surface area contributed by atoms with Crippen molar-refractivity contribution < 1.29 is 0 Å². The Morgan fingerprint density at radius 2 is 2.12 bits per heavy atom. The van der Waals surface area contributed by atoms with Gasteiger partial charge in [-0.1, -0.05) is 6.07 Å².